The molecule has 1 aromatic heterocycles. The standard InChI is InChI=1S/C25H26BrN3O3/c26-23-12-11-22(32-23)25(31)28-20-9-7-18(8-10-20)16-24(30)27-21-6-4-5-19(15-21)17-29-13-2-1-3-14-29/h4-12,15H,1-3,13-14,16-17H2,(H,27,30)(H,28,31). The summed E-state index contributed by atoms with van der Waals surface area (Å²) < 4.78 is 5.75. The molecule has 2 amide bonds. The van der Waals surface area contributed by atoms with Crippen molar-refractivity contribution in [2.45, 2.75) is 32.2 Å². The predicted octanol–water partition coefficient (Wildman–Crippen LogP) is 5.46. The molecule has 0 aliphatic carbocycles. The van der Waals surface area contributed by atoms with Gasteiger partial charge in [-0.15, -0.1) is 0 Å². The molecule has 2 heterocycles. The molecule has 1 aliphatic rings. The van der Waals surface area contributed by atoms with E-state index in [1.807, 2.05) is 24.3 Å². The number of amides is 2. The average Bonchev–Trinajstić information content (AvgIpc) is 3.22. The summed E-state index contributed by atoms with van der Waals surface area (Å²) in [7, 11) is 0. The molecule has 1 saturated heterocycles. The fraction of sp³-hybridized carbons (Fsp3) is 0.280. The van der Waals surface area contributed by atoms with Crippen LogP contribution in [0, 0.1) is 0 Å². The minimum atomic E-state index is -0.328. The number of carbonyl (C=O) groups is 2. The number of nitrogens with one attached hydrogen (secondary N) is 2. The minimum Gasteiger partial charge on any atom is -0.444 e. The predicted molar refractivity (Wildman–Crippen MR) is 129 cm³/mol. The second kappa shape index (κ2) is 10.6. The Morgan fingerprint density at radius 3 is 2.38 bits per heavy atom. The highest BCUT2D eigenvalue weighted by Crippen LogP contribution is 2.18. The van der Waals surface area contributed by atoms with Crippen molar-refractivity contribution in [3.63, 3.8) is 0 Å². The second-order valence-corrected chi connectivity index (χ2v) is 8.80. The molecule has 2 N–H and O–H groups in total. The first-order chi connectivity index (χ1) is 15.5. The average molecular weight is 496 g/mol. The van der Waals surface area contributed by atoms with Gasteiger partial charge in [-0.05, 0) is 89.4 Å². The molecular weight excluding hydrogens is 470 g/mol. The maximum Gasteiger partial charge on any atom is 0.291 e. The van der Waals surface area contributed by atoms with Crippen LogP contribution >= 0.6 is 15.9 Å². The van der Waals surface area contributed by atoms with E-state index in [1.165, 1.54) is 24.8 Å². The van der Waals surface area contributed by atoms with Crippen molar-refractivity contribution in [1.29, 1.82) is 0 Å². The van der Waals surface area contributed by atoms with Crippen molar-refractivity contribution in [2.24, 2.45) is 0 Å². The van der Waals surface area contributed by atoms with E-state index in [0.717, 1.165) is 30.9 Å². The lowest BCUT2D eigenvalue weighted by atomic mass is 10.1. The van der Waals surface area contributed by atoms with Gasteiger partial charge in [0.2, 0.25) is 5.91 Å². The summed E-state index contributed by atoms with van der Waals surface area (Å²) >= 11 is 3.18. The lowest BCUT2D eigenvalue weighted by Crippen LogP contribution is -2.29. The van der Waals surface area contributed by atoms with Crippen LogP contribution in [0.5, 0.6) is 0 Å². The maximum absolute atomic E-state index is 12.5. The number of benzene rings is 2. The van der Waals surface area contributed by atoms with E-state index >= 15 is 0 Å². The first kappa shape index (κ1) is 22.3. The fourth-order valence-electron chi connectivity index (χ4n) is 3.85. The normalized spacial score (nSPS) is 14.2. The lowest BCUT2D eigenvalue weighted by Gasteiger charge is -2.26. The molecule has 0 bridgehead atoms. The molecular formula is C25H26BrN3O3. The molecule has 6 nitrogen and oxygen atoms in total. The molecule has 0 unspecified atom stereocenters. The zero-order valence-corrected chi connectivity index (χ0v) is 19.4. The van der Waals surface area contributed by atoms with Gasteiger partial charge in [-0.2, -0.15) is 0 Å². The van der Waals surface area contributed by atoms with Crippen molar-refractivity contribution in [1.82, 2.24) is 4.90 Å². The summed E-state index contributed by atoms with van der Waals surface area (Å²) in [5.74, 6) is -0.175. The van der Waals surface area contributed by atoms with Gasteiger partial charge in [-0.3, -0.25) is 14.5 Å². The Morgan fingerprint density at radius 1 is 0.875 bits per heavy atom. The summed E-state index contributed by atoms with van der Waals surface area (Å²) in [4.78, 5) is 27.1. The van der Waals surface area contributed by atoms with Crippen molar-refractivity contribution in [3.05, 3.63) is 82.2 Å². The van der Waals surface area contributed by atoms with Gasteiger partial charge in [-0.25, -0.2) is 0 Å². The number of piperidine rings is 1. The van der Waals surface area contributed by atoms with E-state index in [-0.39, 0.29) is 24.0 Å². The molecule has 1 fully saturated rings. The zero-order valence-electron chi connectivity index (χ0n) is 17.8. The van der Waals surface area contributed by atoms with Gasteiger partial charge in [0.1, 0.15) is 0 Å². The number of anilines is 2. The Kier molecular flexibility index (Phi) is 7.39. The van der Waals surface area contributed by atoms with Crippen molar-refractivity contribution < 1.29 is 14.0 Å². The highest BCUT2D eigenvalue weighted by atomic mass is 79.9. The first-order valence-corrected chi connectivity index (χ1v) is 11.6. The third-order valence-corrected chi connectivity index (χ3v) is 5.87. The fourth-order valence-corrected chi connectivity index (χ4v) is 4.16. The number of carbonyl (C=O) groups excluding carboxylic acids is 2. The molecule has 0 radical (unpaired) electrons. The Balaban J connectivity index is 1.29. The first-order valence-electron chi connectivity index (χ1n) is 10.8. The molecule has 2 aromatic carbocycles. The Hall–Kier alpha value is -2.90. The van der Waals surface area contributed by atoms with Gasteiger partial charge in [-0.1, -0.05) is 30.7 Å². The zero-order chi connectivity index (χ0) is 22.3. The molecule has 0 spiro atoms. The van der Waals surface area contributed by atoms with E-state index in [1.54, 1.807) is 24.3 Å². The number of likely N-dealkylation sites (tertiary alicyclic amines) is 1. The number of hydrogen-bond donors (Lipinski definition) is 2. The van der Waals surface area contributed by atoms with Gasteiger partial charge < -0.3 is 15.1 Å². The van der Waals surface area contributed by atoms with Crippen molar-refractivity contribution in [2.75, 3.05) is 23.7 Å². The second-order valence-electron chi connectivity index (χ2n) is 8.02. The summed E-state index contributed by atoms with van der Waals surface area (Å²) in [6.07, 6.45) is 4.11. The third kappa shape index (κ3) is 6.31. The summed E-state index contributed by atoms with van der Waals surface area (Å²) in [6.45, 7) is 3.21. The van der Waals surface area contributed by atoms with Gasteiger partial charge in [0.25, 0.3) is 5.91 Å². The third-order valence-electron chi connectivity index (χ3n) is 5.44. The van der Waals surface area contributed by atoms with Crippen LogP contribution in [0.15, 0.2) is 69.8 Å². The number of nitrogens with zero attached hydrogens (tertiary/aromatic N) is 1. The Labute approximate surface area is 196 Å². The van der Waals surface area contributed by atoms with Crippen molar-refractivity contribution in [3.8, 4) is 0 Å². The molecule has 0 atom stereocenters. The Morgan fingerprint density at radius 2 is 1.66 bits per heavy atom. The molecule has 1 aliphatic heterocycles. The topological polar surface area (TPSA) is 74.6 Å². The van der Waals surface area contributed by atoms with Gasteiger partial charge in [0.15, 0.2) is 10.4 Å². The molecule has 3 aromatic rings. The van der Waals surface area contributed by atoms with Crippen LogP contribution < -0.4 is 10.6 Å². The van der Waals surface area contributed by atoms with Gasteiger partial charge in [0, 0.05) is 17.9 Å². The number of rotatable bonds is 7. The van der Waals surface area contributed by atoms with Crippen LogP contribution in [-0.2, 0) is 17.8 Å². The summed E-state index contributed by atoms with van der Waals surface area (Å²) in [5.41, 5.74) is 3.54. The number of hydrogen-bond acceptors (Lipinski definition) is 4. The van der Waals surface area contributed by atoms with E-state index < -0.39 is 0 Å². The highest BCUT2D eigenvalue weighted by Gasteiger charge is 2.12. The van der Waals surface area contributed by atoms with E-state index in [2.05, 4.69) is 43.6 Å². The molecule has 7 heteroatoms. The quantitative estimate of drug-likeness (QED) is 0.456. The SMILES string of the molecule is O=C(Cc1ccc(NC(=O)c2ccc(Br)o2)cc1)Nc1cccc(CN2CCCCC2)c1. The van der Waals surface area contributed by atoms with E-state index in [0.29, 0.717) is 10.4 Å². The van der Waals surface area contributed by atoms with E-state index in [4.69, 9.17) is 4.42 Å². The van der Waals surface area contributed by atoms with Crippen LogP contribution in [0.2, 0.25) is 0 Å². The number of furan rings is 1. The maximum atomic E-state index is 12.5. The van der Waals surface area contributed by atoms with Crippen LogP contribution in [0.3, 0.4) is 0 Å². The molecule has 0 saturated carbocycles. The molecule has 32 heavy (non-hydrogen) atoms. The molecule has 166 valence electrons. The van der Waals surface area contributed by atoms with Gasteiger partial charge in [0.05, 0.1) is 6.42 Å². The van der Waals surface area contributed by atoms with Crippen LogP contribution in [-0.4, -0.2) is 29.8 Å². The summed E-state index contributed by atoms with van der Waals surface area (Å²) in [5, 5.41) is 5.77. The lowest BCUT2D eigenvalue weighted by molar-refractivity contribution is -0.115. The van der Waals surface area contributed by atoms with Crippen LogP contribution in [0.4, 0.5) is 11.4 Å². The minimum absolute atomic E-state index is 0.0719. The van der Waals surface area contributed by atoms with E-state index in [9.17, 15) is 9.59 Å². The van der Waals surface area contributed by atoms with Gasteiger partial charge >= 0.3 is 0 Å². The highest BCUT2D eigenvalue weighted by molar-refractivity contribution is 9.10. The van der Waals surface area contributed by atoms with Crippen molar-refractivity contribution >= 4 is 39.1 Å². The monoisotopic (exact) mass is 495 g/mol. The summed E-state index contributed by atoms with van der Waals surface area (Å²) in [6, 6.07) is 18.6. The van der Waals surface area contributed by atoms with Crippen LogP contribution in [0.25, 0.3) is 0 Å². The Bertz CT molecular complexity index is 1070. The molecule has 4 rings (SSSR count). The van der Waals surface area contributed by atoms with Crippen LogP contribution in [0.1, 0.15) is 40.9 Å². The largest absolute Gasteiger partial charge is 0.444 e. The smallest absolute Gasteiger partial charge is 0.291 e. The number of halogens is 1.